The van der Waals surface area contributed by atoms with E-state index >= 15 is 0 Å². The van der Waals surface area contributed by atoms with E-state index in [1.807, 2.05) is 0 Å². The van der Waals surface area contributed by atoms with Crippen LogP contribution in [0.2, 0.25) is 5.02 Å². The Balaban J connectivity index is 2.38. The molecule has 5 N–H and O–H groups in total. The summed E-state index contributed by atoms with van der Waals surface area (Å²) in [6.07, 6.45) is -5.19. The van der Waals surface area contributed by atoms with Gasteiger partial charge >= 0.3 is 6.18 Å². The Hall–Kier alpha value is -2.43. The SMILES string of the molecule is C[C@]1(C(N)=O)COc2c1cc([C@@](O)(CN)C(F)(F)F)nc2-c1ccc(Cl)cc1F. The quantitative estimate of drug-likeness (QED) is 0.641. The lowest BCUT2D eigenvalue weighted by atomic mass is 9.82. The Morgan fingerprint density at radius 1 is 1.38 bits per heavy atom. The maximum Gasteiger partial charge on any atom is 0.424 e. The average molecular weight is 434 g/mol. The van der Waals surface area contributed by atoms with Crippen LogP contribution in [0, 0.1) is 5.82 Å². The molecule has 0 saturated carbocycles. The first kappa shape index (κ1) is 21.3. The summed E-state index contributed by atoms with van der Waals surface area (Å²) in [6.45, 7) is -0.181. The Morgan fingerprint density at radius 2 is 2.03 bits per heavy atom. The first-order valence-corrected chi connectivity index (χ1v) is 8.66. The van der Waals surface area contributed by atoms with Crippen LogP contribution in [0.1, 0.15) is 18.2 Å². The standard InChI is InChI=1S/C18H16ClF4N3O3/c1-16(15(25)27)7-29-14-10(16)5-12(17(28,6-24)18(21,22)23)26-13(14)9-3-2-8(19)4-11(9)20/h2-5,28H,6-7,24H2,1H3,(H2,25,27)/t16-,17-/m0/s1. The third-order valence-electron chi connectivity index (χ3n) is 4.99. The highest BCUT2D eigenvalue weighted by Gasteiger charge is 2.56. The molecule has 0 saturated heterocycles. The number of amides is 1. The first-order valence-electron chi connectivity index (χ1n) is 8.28. The summed E-state index contributed by atoms with van der Waals surface area (Å²) in [7, 11) is 0. The fourth-order valence-electron chi connectivity index (χ4n) is 3.03. The van der Waals surface area contributed by atoms with Crippen LogP contribution >= 0.6 is 11.6 Å². The van der Waals surface area contributed by atoms with Crippen LogP contribution in [0.25, 0.3) is 11.3 Å². The summed E-state index contributed by atoms with van der Waals surface area (Å²) in [5.41, 5.74) is 4.03. The number of nitrogens with zero attached hydrogens (tertiary/aromatic N) is 1. The number of ether oxygens (including phenoxy) is 1. The molecule has 0 unspecified atom stereocenters. The van der Waals surface area contributed by atoms with E-state index in [1.165, 1.54) is 19.1 Å². The Morgan fingerprint density at radius 3 is 2.55 bits per heavy atom. The molecule has 156 valence electrons. The number of rotatable bonds is 4. The second-order valence-corrected chi connectivity index (χ2v) is 7.34. The van der Waals surface area contributed by atoms with E-state index in [4.69, 9.17) is 27.8 Å². The molecule has 1 aliphatic rings. The number of benzene rings is 1. The second kappa shape index (κ2) is 6.82. The lowest BCUT2D eigenvalue weighted by Gasteiger charge is -2.30. The molecular weight excluding hydrogens is 418 g/mol. The maximum atomic E-state index is 14.5. The van der Waals surface area contributed by atoms with Crippen molar-refractivity contribution in [2.24, 2.45) is 11.5 Å². The lowest BCUT2D eigenvalue weighted by molar-refractivity contribution is -0.263. The fourth-order valence-corrected chi connectivity index (χ4v) is 3.19. The molecule has 2 aromatic rings. The van der Waals surface area contributed by atoms with Gasteiger partial charge in [0.2, 0.25) is 11.5 Å². The summed E-state index contributed by atoms with van der Waals surface area (Å²) < 4.78 is 60.7. The van der Waals surface area contributed by atoms with Crippen LogP contribution in [-0.4, -0.2) is 35.3 Å². The molecule has 0 radical (unpaired) electrons. The number of primary amides is 1. The van der Waals surface area contributed by atoms with Crippen LogP contribution in [0.15, 0.2) is 24.3 Å². The molecule has 1 aliphatic heterocycles. The molecule has 0 aliphatic carbocycles. The highest BCUT2D eigenvalue weighted by Crippen LogP contribution is 2.48. The minimum absolute atomic E-state index is 0.0516. The van der Waals surface area contributed by atoms with Crippen molar-refractivity contribution in [2.75, 3.05) is 13.2 Å². The third kappa shape index (κ3) is 3.21. The van der Waals surface area contributed by atoms with Crippen molar-refractivity contribution in [1.29, 1.82) is 0 Å². The van der Waals surface area contributed by atoms with Gasteiger partial charge in [-0.3, -0.25) is 4.79 Å². The number of carbonyl (C=O) groups excluding carboxylic acids is 1. The highest BCUT2D eigenvalue weighted by atomic mass is 35.5. The van der Waals surface area contributed by atoms with Crippen molar-refractivity contribution in [1.82, 2.24) is 4.98 Å². The average Bonchev–Trinajstić information content (AvgIpc) is 2.98. The summed E-state index contributed by atoms with van der Waals surface area (Å²) in [4.78, 5) is 15.8. The molecule has 1 aromatic heterocycles. The van der Waals surface area contributed by atoms with Crippen LogP contribution in [0.5, 0.6) is 5.75 Å². The number of fused-ring (bicyclic) bond motifs is 1. The largest absolute Gasteiger partial charge is 0.489 e. The summed E-state index contributed by atoms with van der Waals surface area (Å²) in [5, 5.41) is 10.3. The van der Waals surface area contributed by atoms with Gasteiger partial charge in [0.15, 0.2) is 0 Å². The maximum absolute atomic E-state index is 14.5. The number of aromatic nitrogens is 1. The molecule has 2 atom stereocenters. The van der Waals surface area contributed by atoms with Crippen molar-refractivity contribution in [3.63, 3.8) is 0 Å². The molecule has 29 heavy (non-hydrogen) atoms. The van der Waals surface area contributed by atoms with Gasteiger partial charge in [0, 0.05) is 22.7 Å². The van der Waals surface area contributed by atoms with Gasteiger partial charge in [0.1, 0.15) is 29.3 Å². The number of hydrogen-bond acceptors (Lipinski definition) is 5. The number of pyridine rings is 1. The Kier molecular flexibility index (Phi) is 5.01. The monoisotopic (exact) mass is 433 g/mol. The molecule has 11 heteroatoms. The Labute approximate surface area is 167 Å². The van der Waals surface area contributed by atoms with E-state index in [2.05, 4.69) is 4.98 Å². The van der Waals surface area contributed by atoms with Crippen LogP contribution in [0.3, 0.4) is 0 Å². The minimum Gasteiger partial charge on any atom is -0.489 e. The number of nitrogens with two attached hydrogens (primary N) is 2. The van der Waals surface area contributed by atoms with Crippen molar-refractivity contribution < 1.29 is 32.2 Å². The topological polar surface area (TPSA) is 111 Å². The fraction of sp³-hybridized carbons (Fsp3) is 0.333. The van der Waals surface area contributed by atoms with Crippen LogP contribution in [0.4, 0.5) is 17.6 Å². The second-order valence-electron chi connectivity index (χ2n) is 6.90. The van der Waals surface area contributed by atoms with Gasteiger partial charge in [0.25, 0.3) is 0 Å². The normalized spacial score (nSPS) is 20.7. The summed E-state index contributed by atoms with van der Waals surface area (Å²) in [5.74, 6) is -1.87. The van der Waals surface area contributed by atoms with E-state index in [0.29, 0.717) is 0 Å². The number of alkyl halides is 3. The molecule has 0 bridgehead atoms. The van der Waals surface area contributed by atoms with Crippen molar-refractivity contribution in [3.05, 3.63) is 46.4 Å². The van der Waals surface area contributed by atoms with Crippen LogP contribution < -0.4 is 16.2 Å². The molecule has 2 heterocycles. The molecule has 0 spiro atoms. The smallest absolute Gasteiger partial charge is 0.424 e. The van der Waals surface area contributed by atoms with Gasteiger partial charge in [-0.2, -0.15) is 13.2 Å². The number of aliphatic hydroxyl groups is 1. The molecule has 1 amide bonds. The Bertz CT molecular complexity index is 1000. The molecule has 3 rings (SSSR count). The zero-order valence-corrected chi connectivity index (χ0v) is 15.7. The van der Waals surface area contributed by atoms with Crippen molar-refractivity contribution >= 4 is 17.5 Å². The van der Waals surface area contributed by atoms with Gasteiger partial charge in [-0.25, -0.2) is 9.37 Å². The van der Waals surface area contributed by atoms with E-state index in [9.17, 15) is 27.5 Å². The van der Waals surface area contributed by atoms with E-state index in [0.717, 1.165) is 12.1 Å². The lowest BCUT2D eigenvalue weighted by Crippen LogP contribution is -2.49. The van der Waals surface area contributed by atoms with Crippen molar-refractivity contribution in [2.45, 2.75) is 24.1 Å². The minimum atomic E-state index is -5.19. The molecular formula is C18H16ClF4N3O3. The highest BCUT2D eigenvalue weighted by molar-refractivity contribution is 6.30. The molecule has 0 fully saturated rings. The van der Waals surface area contributed by atoms with Gasteiger partial charge in [-0.05, 0) is 31.2 Å². The predicted octanol–water partition coefficient (Wildman–Crippen LogP) is 2.39. The van der Waals surface area contributed by atoms with Gasteiger partial charge in [-0.15, -0.1) is 0 Å². The molecule has 6 nitrogen and oxygen atoms in total. The molecule has 1 aromatic carbocycles. The van der Waals surface area contributed by atoms with E-state index in [1.54, 1.807) is 0 Å². The first-order chi connectivity index (χ1) is 13.3. The van der Waals surface area contributed by atoms with Crippen molar-refractivity contribution in [3.8, 4) is 17.0 Å². The summed E-state index contributed by atoms with van der Waals surface area (Å²) in [6, 6.07) is 4.31. The summed E-state index contributed by atoms with van der Waals surface area (Å²) >= 11 is 5.74. The van der Waals surface area contributed by atoms with E-state index < -0.39 is 41.2 Å². The van der Waals surface area contributed by atoms with Gasteiger partial charge in [-0.1, -0.05) is 11.6 Å². The third-order valence-corrected chi connectivity index (χ3v) is 5.23. The number of hydrogen-bond donors (Lipinski definition) is 3. The predicted molar refractivity (Wildman–Crippen MR) is 95.7 cm³/mol. The zero-order chi connectivity index (χ0) is 21.8. The number of halogens is 5. The zero-order valence-electron chi connectivity index (χ0n) is 15.0. The number of carbonyl (C=O) groups is 1. The van der Waals surface area contributed by atoms with Gasteiger partial charge < -0.3 is 21.3 Å². The van der Waals surface area contributed by atoms with Gasteiger partial charge in [0.05, 0.1) is 5.69 Å². The van der Waals surface area contributed by atoms with E-state index in [-0.39, 0.29) is 34.2 Å². The van der Waals surface area contributed by atoms with Crippen LogP contribution in [-0.2, 0) is 15.8 Å².